The van der Waals surface area contributed by atoms with E-state index in [1.807, 2.05) is 53.6 Å². The van der Waals surface area contributed by atoms with E-state index in [-0.39, 0.29) is 11.9 Å². The minimum absolute atomic E-state index is 0.0631. The Kier molecular flexibility index (Phi) is 5.39. The summed E-state index contributed by atoms with van der Waals surface area (Å²) in [5, 5.41) is 5.38. The maximum Gasteiger partial charge on any atom is 0.244 e. The van der Waals surface area contributed by atoms with Gasteiger partial charge in [0, 0.05) is 42.7 Å². The first-order valence-corrected chi connectivity index (χ1v) is 13.0. The van der Waals surface area contributed by atoms with Gasteiger partial charge in [-0.1, -0.05) is 24.0 Å². The second-order valence-corrected chi connectivity index (χ2v) is 10.1. The van der Waals surface area contributed by atoms with Crippen LogP contribution >= 0.6 is 0 Å². The van der Waals surface area contributed by atoms with E-state index < -0.39 is 0 Å². The van der Waals surface area contributed by atoms with Crippen LogP contribution in [0.25, 0.3) is 15.6 Å². The average molecular weight is 500 g/mol. The number of nitrogens with zero attached hydrogens (tertiary/aromatic N) is 4. The summed E-state index contributed by atoms with van der Waals surface area (Å²) >= 11 is 0. The van der Waals surface area contributed by atoms with Gasteiger partial charge in [0.05, 0.1) is 30.3 Å². The highest BCUT2D eigenvalue weighted by atomic mass is 16.5. The van der Waals surface area contributed by atoms with Crippen molar-refractivity contribution in [1.29, 1.82) is 0 Å². The molecular weight excluding hydrogens is 474 g/mol. The predicted octanol–water partition coefficient (Wildman–Crippen LogP) is 5.40. The largest absolute Gasteiger partial charge is 0.468 e. The molecule has 7 rings (SSSR count). The third-order valence-corrected chi connectivity index (χ3v) is 7.50. The fraction of sp³-hybridized carbons (Fsp3) is 0.258. The second kappa shape index (κ2) is 9.06. The summed E-state index contributed by atoms with van der Waals surface area (Å²) in [7, 11) is 0. The molecule has 1 aliphatic carbocycles. The van der Waals surface area contributed by atoms with Crippen molar-refractivity contribution in [3.8, 4) is 23.3 Å². The van der Waals surface area contributed by atoms with Crippen LogP contribution in [0.15, 0.2) is 61.1 Å². The predicted molar refractivity (Wildman–Crippen MR) is 145 cm³/mol. The molecule has 186 valence electrons. The van der Waals surface area contributed by atoms with E-state index >= 15 is 0 Å². The lowest BCUT2D eigenvalue weighted by atomic mass is 10.0. The Balaban J connectivity index is 1.39. The van der Waals surface area contributed by atoms with Gasteiger partial charge in [0.2, 0.25) is 11.6 Å². The quantitative estimate of drug-likeness (QED) is 0.260. The molecule has 0 unspecified atom stereocenters. The van der Waals surface area contributed by atoms with Gasteiger partial charge in [0.1, 0.15) is 11.5 Å². The van der Waals surface area contributed by atoms with Crippen LogP contribution in [0.4, 0.5) is 11.4 Å². The van der Waals surface area contributed by atoms with Gasteiger partial charge in [-0.3, -0.25) is 4.79 Å². The third-order valence-electron chi connectivity index (χ3n) is 7.50. The molecule has 1 aromatic heterocycles. The van der Waals surface area contributed by atoms with Crippen LogP contribution in [0.2, 0.25) is 0 Å². The number of carbonyl (C=O) groups excluding carboxylic acids is 1. The monoisotopic (exact) mass is 499 g/mol. The van der Waals surface area contributed by atoms with E-state index in [0.29, 0.717) is 42.7 Å². The first-order valence-electron chi connectivity index (χ1n) is 13.0. The molecule has 1 amide bonds. The zero-order chi connectivity index (χ0) is 25.6. The molecular formula is C31H25N5O2. The zero-order valence-corrected chi connectivity index (χ0v) is 20.8. The van der Waals surface area contributed by atoms with Gasteiger partial charge < -0.3 is 19.5 Å². The molecule has 0 radical (unpaired) electrons. The molecule has 3 heterocycles. The topological polar surface area (TPSA) is 63.8 Å². The van der Waals surface area contributed by atoms with Crippen molar-refractivity contribution < 1.29 is 9.53 Å². The van der Waals surface area contributed by atoms with Crippen LogP contribution in [-0.4, -0.2) is 28.0 Å². The summed E-state index contributed by atoms with van der Waals surface area (Å²) < 4.78 is 8.39. The minimum atomic E-state index is -0.264. The number of hydrogen-bond acceptors (Lipinski definition) is 4. The van der Waals surface area contributed by atoms with E-state index in [1.54, 1.807) is 12.4 Å². The number of benzene rings is 3. The second-order valence-electron chi connectivity index (χ2n) is 10.1. The molecule has 7 nitrogen and oxygen atoms in total. The van der Waals surface area contributed by atoms with Crippen LogP contribution in [-0.2, 0) is 17.9 Å². The molecule has 7 heteroatoms. The van der Waals surface area contributed by atoms with Crippen LogP contribution in [0.1, 0.15) is 36.1 Å². The van der Waals surface area contributed by atoms with Crippen molar-refractivity contribution in [2.75, 3.05) is 11.4 Å². The number of nitrogens with one attached hydrogen (secondary N) is 1. The Bertz CT molecular complexity index is 1700. The molecule has 2 fully saturated rings. The number of carbonyl (C=O) groups is 1. The SMILES string of the molecule is [C-]#[N+]c1ccc2cc1Oc1ccc3c(C#CC4CC4)ccc(c3c1)N1CC[C@H](NCc3cncn3C2)C1=O. The molecule has 3 aromatic carbocycles. The lowest BCUT2D eigenvalue weighted by Crippen LogP contribution is -2.38. The summed E-state index contributed by atoms with van der Waals surface area (Å²) in [5.74, 6) is 8.42. The van der Waals surface area contributed by atoms with Gasteiger partial charge in [-0.05, 0) is 66.6 Å². The minimum Gasteiger partial charge on any atom is -0.468 e. The fourth-order valence-electron chi connectivity index (χ4n) is 5.26. The Labute approximate surface area is 220 Å². The van der Waals surface area contributed by atoms with Gasteiger partial charge in [-0.25, -0.2) is 9.83 Å². The molecule has 38 heavy (non-hydrogen) atoms. The number of imidazole rings is 1. The highest BCUT2D eigenvalue weighted by Gasteiger charge is 2.33. The Morgan fingerprint density at radius 2 is 2.00 bits per heavy atom. The third kappa shape index (κ3) is 4.08. The lowest BCUT2D eigenvalue weighted by molar-refractivity contribution is -0.118. The van der Waals surface area contributed by atoms with Gasteiger partial charge in [0.25, 0.3) is 0 Å². The Hall–Kier alpha value is -4.59. The molecule has 4 aromatic rings. The first-order chi connectivity index (χ1) is 18.7. The first kappa shape index (κ1) is 22.6. The van der Waals surface area contributed by atoms with Crippen molar-refractivity contribution in [3.63, 3.8) is 0 Å². The van der Waals surface area contributed by atoms with Crippen LogP contribution in [0.5, 0.6) is 11.5 Å². The van der Waals surface area contributed by atoms with E-state index in [4.69, 9.17) is 11.3 Å². The van der Waals surface area contributed by atoms with Crippen molar-refractivity contribution in [2.45, 2.75) is 38.4 Å². The van der Waals surface area contributed by atoms with Crippen molar-refractivity contribution >= 4 is 28.1 Å². The number of amides is 1. The Morgan fingerprint density at radius 3 is 2.87 bits per heavy atom. The van der Waals surface area contributed by atoms with Crippen LogP contribution in [0, 0.1) is 24.3 Å². The van der Waals surface area contributed by atoms with Crippen LogP contribution in [0.3, 0.4) is 0 Å². The van der Waals surface area contributed by atoms with Crippen LogP contribution < -0.4 is 15.0 Å². The molecule has 2 aliphatic heterocycles. The molecule has 1 saturated heterocycles. The molecule has 1 atom stereocenters. The smallest absolute Gasteiger partial charge is 0.244 e. The highest BCUT2D eigenvalue weighted by Crippen LogP contribution is 2.38. The fourth-order valence-corrected chi connectivity index (χ4v) is 5.26. The molecule has 0 spiro atoms. The standard InChI is InChI=1S/C31H25N5O2/c1-32-27-10-5-21-14-30(27)38-24-8-9-25-22(6-4-20-2-3-20)7-11-29(26(25)15-24)36-13-12-28(31(36)37)34-17-23-16-33-19-35(23)18-21/h5,7-11,14-16,19-20,28,34H,2-3,12-13,17-18H2/t28-/m0/s1. The van der Waals surface area contributed by atoms with Gasteiger partial charge in [-0.15, -0.1) is 0 Å². The number of hydrogen-bond donors (Lipinski definition) is 1. The maximum atomic E-state index is 13.6. The average Bonchev–Trinajstić information content (AvgIpc) is 3.55. The molecule has 3 aliphatic rings. The van der Waals surface area contributed by atoms with E-state index in [0.717, 1.165) is 39.7 Å². The number of rotatable bonds is 0. The summed E-state index contributed by atoms with van der Waals surface area (Å²) in [5.41, 5.74) is 4.25. The highest BCUT2D eigenvalue weighted by molar-refractivity contribution is 6.08. The van der Waals surface area contributed by atoms with Gasteiger partial charge in [0.15, 0.2) is 0 Å². The summed E-state index contributed by atoms with van der Waals surface area (Å²) in [6.45, 7) is 9.41. The normalized spacial score (nSPS) is 18.4. The summed E-state index contributed by atoms with van der Waals surface area (Å²) in [6.07, 6.45) is 6.68. The number of aromatic nitrogens is 2. The number of ether oxygens (including phenoxy) is 1. The zero-order valence-electron chi connectivity index (χ0n) is 20.8. The summed E-state index contributed by atoms with van der Waals surface area (Å²) in [6, 6.07) is 15.4. The number of anilines is 1. The van der Waals surface area contributed by atoms with E-state index in [2.05, 4.69) is 31.6 Å². The molecule has 6 bridgehead atoms. The maximum absolute atomic E-state index is 13.6. The van der Waals surface area contributed by atoms with Crippen molar-refractivity contribution in [2.24, 2.45) is 5.92 Å². The summed E-state index contributed by atoms with van der Waals surface area (Å²) in [4.78, 5) is 23.4. The molecule has 1 saturated carbocycles. The van der Waals surface area contributed by atoms with E-state index in [1.165, 1.54) is 12.8 Å². The Morgan fingerprint density at radius 1 is 1.08 bits per heavy atom. The van der Waals surface area contributed by atoms with Gasteiger partial charge >= 0.3 is 0 Å². The van der Waals surface area contributed by atoms with Crippen molar-refractivity contribution in [1.82, 2.24) is 14.9 Å². The van der Waals surface area contributed by atoms with Crippen molar-refractivity contribution in [3.05, 3.63) is 89.3 Å². The lowest BCUT2D eigenvalue weighted by Gasteiger charge is -2.21. The van der Waals surface area contributed by atoms with Gasteiger partial charge in [-0.2, -0.15) is 0 Å². The van der Waals surface area contributed by atoms with E-state index in [9.17, 15) is 4.79 Å². The molecule has 1 N–H and O–H groups in total. The number of fused-ring (bicyclic) bond motifs is 7.